The van der Waals surface area contributed by atoms with E-state index in [1.165, 1.54) is 20.9 Å². The average Bonchev–Trinajstić information content (AvgIpc) is 1.90. The van der Waals surface area contributed by atoms with Gasteiger partial charge in [0.2, 0.25) is 0 Å². The van der Waals surface area contributed by atoms with Crippen molar-refractivity contribution in [2.45, 2.75) is 0 Å². The Bertz CT molecular complexity index is 101. The molecule has 6 heteroatoms. The first kappa shape index (κ1) is 13.7. The smallest absolute Gasteiger partial charge is 0.312 e. The minimum Gasteiger partial charge on any atom is -0.312 e. The fraction of sp³-hybridized carbons (Fsp3) is 1.00. The van der Waals surface area contributed by atoms with E-state index < -0.39 is 7.60 Å². The van der Waals surface area contributed by atoms with Crippen molar-refractivity contribution < 1.29 is 13.6 Å². The highest BCUT2D eigenvalue weighted by atomic mass is 79.9. The van der Waals surface area contributed by atoms with E-state index in [-0.39, 0.29) is 0 Å². The Morgan fingerprint density at radius 3 is 1.50 bits per heavy atom. The molecule has 64 valence electrons. The molecule has 0 heterocycles. The Kier molecular flexibility index (Phi) is 11.2. The number of hydrogen-bond acceptors (Lipinski definition) is 3. The van der Waals surface area contributed by atoms with Gasteiger partial charge in [0.1, 0.15) is 0 Å². The van der Waals surface area contributed by atoms with Crippen molar-refractivity contribution >= 4 is 39.5 Å². The summed E-state index contributed by atoms with van der Waals surface area (Å²) in [6.45, 7) is 1.41. The van der Waals surface area contributed by atoms with Gasteiger partial charge < -0.3 is 9.05 Å². The molecule has 0 bridgehead atoms. The lowest BCUT2D eigenvalue weighted by Crippen LogP contribution is -1.82. The number of rotatable bonds is 2. The van der Waals surface area contributed by atoms with E-state index in [1.807, 2.05) is 0 Å². The van der Waals surface area contributed by atoms with Crippen molar-refractivity contribution in [2.24, 2.45) is 0 Å². The second kappa shape index (κ2) is 8.21. The molecule has 3 nitrogen and oxygen atoms in total. The summed E-state index contributed by atoms with van der Waals surface area (Å²) in [6, 6.07) is 0. The first-order valence-corrected chi connectivity index (χ1v) is 6.58. The van der Waals surface area contributed by atoms with Crippen molar-refractivity contribution in [3.8, 4) is 0 Å². The highest BCUT2D eigenvalue weighted by Crippen LogP contribution is 2.40. The zero-order valence-corrected chi connectivity index (χ0v) is 10.2. The summed E-state index contributed by atoms with van der Waals surface area (Å²) >= 11 is 6.12. The van der Waals surface area contributed by atoms with Crippen LogP contribution in [0.25, 0.3) is 0 Å². The fourth-order valence-electron chi connectivity index (χ4n) is 0.0745. The normalized spacial score (nSPS) is 10.1. The number of halogens is 2. The Morgan fingerprint density at radius 2 is 1.50 bits per heavy atom. The lowest BCUT2D eigenvalue weighted by molar-refractivity contribution is 0.282. The highest BCUT2D eigenvalue weighted by molar-refractivity contribution is 9.24. The monoisotopic (exact) mass is 296 g/mol. The van der Waals surface area contributed by atoms with E-state index in [2.05, 4.69) is 40.9 Å². The molecular formula is C4H11Br2O3P. The van der Waals surface area contributed by atoms with Crippen LogP contribution in [0.4, 0.5) is 0 Å². The summed E-state index contributed by atoms with van der Waals surface area (Å²) < 4.78 is 20.2. The number of hydrogen-bond donors (Lipinski definition) is 0. The van der Waals surface area contributed by atoms with Gasteiger partial charge in [0.15, 0.2) is 0 Å². The molecule has 0 radical (unpaired) electrons. The van der Waals surface area contributed by atoms with Crippen molar-refractivity contribution in [3.63, 3.8) is 0 Å². The van der Waals surface area contributed by atoms with Crippen LogP contribution in [0.3, 0.4) is 0 Å². The van der Waals surface area contributed by atoms with Crippen LogP contribution >= 0.6 is 39.5 Å². The maximum absolute atomic E-state index is 10.5. The minimum absolute atomic E-state index is 0.875. The van der Waals surface area contributed by atoms with Gasteiger partial charge in [-0.1, -0.05) is 31.9 Å². The molecule has 0 amide bonds. The Morgan fingerprint density at radius 1 is 1.30 bits per heavy atom. The van der Waals surface area contributed by atoms with Crippen molar-refractivity contribution in [3.05, 3.63) is 0 Å². The molecule has 0 aliphatic carbocycles. The third-order valence-corrected chi connectivity index (χ3v) is 1.99. The molecule has 0 aromatic carbocycles. The zero-order valence-electron chi connectivity index (χ0n) is 6.13. The van der Waals surface area contributed by atoms with E-state index >= 15 is 0 Å². The molecular weight excluding hydrogens is 287 g/mol. The SMILES string of the molecule is BrCBr.COP(C)(=O)OC. The Balaban J connectivity index is 0. The molecule has 0 aliphatic heterocycles. The summed E-state index contributed by atoms with van der Waals surface area (Å²) in [5, 5.41) is 0. The Hall–Kier alpha value is 1.11. The molecule has 0 saturated carbocycles. The predicted molar refractivity (Wildman–Crippen MR) is 50.3 cm³/mol. The van der Waals surface area contributed by atoms with Crippen molar-refractivity contribution in [1.82, 2.24) is 0 Å². The van der Waals surface area contributed by atoms with Crippen LogP contribution in [0, 0.1) is 0 Å². The standard InChI is InChI=1S/C3H9O3P.CH2Br2/c1-5-7(3,4)6-2;2-1-3/h1-3H3;1H2. The van der Waals surface area contributed by atoms with Crippen LogP contribution in [-0.2, 0) is 13.6 Å². The Labute approximate surface area is 78.3 Å². The van der Waals surface area contributed by atoms with Crippen LogP contribution < -0.4 is 0 Å². The number of alkyl halides is 2. The molecule has 0 aromatic rings. The quantitative estimate of drug-likeness (QED) is 0.581. The van der Waals surface area contributed by atoms with Gasteiger partial charge in [0.05, 0.1) is 4.24 Å². The van der Waals surface area contributed by atoms with Crippen LogP contribution in [0.15, 0.2) is 0 Å². The predicted octanol–water partition coefficient (Wildman–Crippen LogP) is 2.84. The molecule has 0 spiro atoms. The summed E-state index contributed by atoms with van der Waals surface area (Å²) in [5.41, 5.74) is 0. The van der Waals surface area contributed by atoms with Crippen LogP contribution in [0.2, 0.25) is 0 Å². The molecule has 0 saturated heterocycles. The maximum atomic E-state index is 10.5. The molecule has 0 fully saturated rings. The van der Waals surface area contributed by atoms with Gasteiger partial charge in [-0.15, -0.1) is 0 Å². The molecule has 0 rings (SSSR count). The zero-order chi connectivity index (χ0) is 8.62. The van der Waals surface area contributed by atoms with E-state index in [4.69, 9.17) is 0 Å². The largest absolute Gasteiger partial charge is 0.327 e. The second-order valence-electron chi connectivity index (χ2n) is 1.24. The van der Waals surface area contributed by atoms with Gasteiger partial charge in [-0.3, -0.25) is 4.57 Å². The topological polar surface area (TPSA) is 35.5 Å². The molecule has 0 atom stereocenters. The van der Waals surface area contributed by atoms with Crippen molar-refractivity contribution in [2.75, 3.05) is 25.1 Å². The van der Waals surface area contributed by atoms with Gasteiger partial charge in [0, 0.05) is 20.9 Å². The van der Waals surface area contributed by atoms with Gasteiger partial charge in [0.25, 0.3) is 0 Å². The molecule has 0 N–H and O–H groups in total. The lowest BCUT2D eigenvalue weighted by Gasteiger charge is -2.04. The molecule has 0 unspecified atom stereocenters. The summed E-state index contributed by atoms with van der Waals surface area (Å²) in [4.78, 5) is 0. The van der Waals surface area contributed by atoms with Crippen LogP contribution in [0.1, 0.15) is 0 Å². The van der Waals surface area contributed by atoms with E-state index in [0.29, 0.717) is 0 Å². The lowest BCUT2D eigenvalue weighted by atomic mass is 11.8. The van der Waals surface area contributed by atoms with Crippen LogP contribution in [-0.4, -0.2) is 25.1 Å². The highest BCUT2D eigenvalue weighted by Gasteiger charge is 2.08. The maximum Gasteiger partial charge on any atom is 0.327 e. The summed E-state index contributed by atoms with van der Waals surface area (Å²) in [6.07, 6.45) is 0. The second-order valence-corrected chi connectivity index (χ2v) is 6.14. The van der Waals surface area contributed by atoms with Crippen molar-refractivity contribution in [1.29, 1.82) is 0 Å². The first-order chi connectivity index (χ1) is 4.54. The van der Waals surface area contributed by atoms with Gasteiger partial charge in [-0.05, 0) is 0 Å². The van der Waals surface area contributed by atoms with E-state index in [9.17, 15) is 4.57 Å². The first-order valence-electron chi connectivity index (χ1n) is 2.35. The third kappa shape index (κ3) is 11.9. The average molecular weight is 298 g/mol. The third-order valence-electron chi connectivity index (χ3n) is 0.663. The fourth-order valence-corrected chi connectivity index (χ4v) is 0.224. The molecule has 0 aromatic heterocycles. The summed E-state index contributed by atoms with van der Waals surface area (Å²) in [5.74, 6) is 0. The van der Waals surface area contributed by atoms with E-state index in [0.717, 1.165) is 4.24 Å². The van der Waals surface area contributed by atoms with Gasteiger partial charge in [-0.25, -0.2) is 0 Å². The minimum atomic E-state index is -2.65. The molecule has 0 aliphatic rings. The van der Waals surface area contributed by atoms with Gasteiger partial charge >= 0.3 is 7.60 Å². The van der Waals surface area contributed by atoms with E-state index in [1.54, 1.807) is 0 Å². The summed E-state index contributed by atoms with van der Waals surface area (Å²) in [7, 11) is 0.0486. The molecule has 10 heavy (non-hydrogen) atoms. The van der Waals surface area contributed by atoms with Crippen LogP contribution in [0.5, 0.6) is 0 Å². The van der Waals surface area contributed by atoms with Gasteiger partial charge in [-0.2, -0.15) is 0 Å².